The van der Waals surface area contributed by atoms with E-state index in [1.165, 1.54) is 5.56 Å². The van der Waals surface area contributed by atoms with Gasteiger partial charge in [0.1, 0.15) is 18.1 Å². The van der Waals surface area contributed by atoms with E-state index in [1.54, 1.807) is 7.11 Å². The summed E-state index contributed by atoms with van der Waals surface area (Å²) < 4.78 is 7.19. The van der Waals surface area contributed by atoms with Crippen LogP contribution in [0.5, 0.6) is 5.75 Å². The molecule has 1 aromatic heterocycles. The zero-order valence-electron chi connectivity index (χ0n) is 17.6. The molecule has 28 heavy (non-hydrogen) atoms. The maximum atomic E-state index is 5.21. The lowest BCUT2D eigenvalue weighted by molar-refractivity contribution is 0.414. The Bertz CT molecular complexity index is 729. The van der Waals surface area contributed by atoms with Crippen LogP contribution in [-0.2, 0) is 20.0 Å². The van der Waals surface area contributed by atoms with E-state index in [-0.39, 0.29) is 24.0 Å². The standard InChI is InChI=1S/C20H32N6O.HI/c1-6-7-14-25(3)20(22-15-19-24-23-16(2)26(19)4)21-13-12-17-8-10-18(27-5)11-9-17;/h8-11H,6-7,12-15H2,1-5H3,(H,21,22);1H. The quantitative estimate of drug-likeness (QED) is 0.326. The number of nitrogens with zero attached hydrogens (tertiary/aromatic N) is 5. The van der Waals surface area contributed by atoms with Crippen LogP contribution in [0.1, 0.15) is 37.0 Å². The minimum atomic E-state index is 0. The molecular formula is C20H33IN6O. The third-order valence-corrected chi connectivity index (χ3v) is 4.62. The number of benzene rings is 1. The van der Waals surface area contributed by atoms with Crippen LogP contribution in [0.15, 0.2) is 29.3 Å². The number of halogens is 1. The molecule has 8 heteroatoms. The van der Waals surface area contributed by atoms with Crippen molar-refractivity contribution in [2.24, 2.45) is 12.0 Å². The van der Waals surface area contributed by atoms with E-state index in [4.69, 9.17) is 9.73 Å². The zero-order valence-corrected chi connectivity index (χ0v) is 19.9. The number of methoxy groups -OCH3 is 1. The van der Waals surface area contributed by atoms with Crippen LogP contribution in [0.3, 0.4) is 0 Å². The molecule has 7 nitrogen and oxygen atoms in total. The average molecular weight is 500 g/mol. The van der Waals surface area contributed by atoms with Gasteiger partial charge in [0.25, 0.3) is 0 Å². The molecule has 0 bridgehead atoms. The van der Waals surface area contributed by atoms with Gasteiger partial charge in [-0.15, -0.1) is 34.2 Å². The van der Waals surface area contributed by atoms with E-state index in [1.807, 2.05) is 30.7 Å². The second-order valence-corrected chi connectivity index (χ2v) is 6.66. The molecule has 0 radical (unpaired) electrons. The lowest BCUT2D eigenvalue weighted by Gasteiger charge is -2.22. The van der Waals surface area contributed by atoms with E-state index in [2.05, 4.69) is 46.5 Å². The summed E-state index contributed by atoms with van der Waals surface area (Å²) in [6.07, 6.45) is 3.22. The van der Waals surface area contributed by atoms with E-state index >= 15 is 0 Å². The fourth-order valence-electron chi connectivity index (χ4n) is 2.66. The average Bonchev–Trinajstić information content (AvgIpc) is 3.01. The highest BCUT2D eigenvalue weighted by molar-refractivity contribution is 14.0. The summed E-state index contributed by atoms with van der Waals surface area (Å²) >= 11 is 0. The molecule has 1 N–H and O–H groups in total. The fraction of sp³-hybridized carbons (Fsp3) is 0.550. The molecule has 0 aliphatic carbocycles. The summed E-state index contributed by atoms with van der Waals surface area (Å²) in [5, 5.41) is 11.8. The molecular weight excluding hydrogens is 467 g/mol. The third-order valence-electron chi connectivity index (χ3n) is 4.62. The number of unbranched alkanes of at least 4 members (excludes halogenated alkanes) is 1. The number of hydrogen-bond donors (Lipinski definition) is 1. The highest BCUT2D eigenvalue weighted by atomic mass is 127. The Labute approximate surface area is 185 Å². The van der Waals surface area contributed by atoms with E-state index in [0.717, 1.165) is 55.7 Å². The second kappa shape index (κ2) is 12.6. The number of guanidine groups is 1. The van der Waals surface area contributed by atoms with Gasteiger partial charge < -0.3 is 19.5 Å². The summed E-state index contributed by atoms with van der Waals surface area (Å²) in [5.74, 6) is 3.55. The van der Waals surface area contributed by atoms with Gasteiger partial charge in [-0.3, -0.25) is 0 Å². The topological polar surface area (TPSA) is 67.6 Å². The molecule has 0 aliphatic rings. The number of aromatic nitrogens is 3. The first kappa shape index (κ1) is 24.2. The summed E-state index contributed by atoms with van der Waals surface area (Å²) in [5.41, 5.74) is 1.27. The Morgan fingerprint density at radius 2 is 1.96 bits per heavy atom. The molecule has 156 valence electrons. The van der Waals surface area contributed by atoms with Gasteiger partial charge >= 0.3 is 0 Å². The molecule has 1 aromatic carbocycles. The van der Waals surface area contributed by atoms with Gasteiger partial charge in [-0.2, -0.15) is 0 Å². The Morgan fingerprint density at radius 3 is 2.54 bits per heavy atom. The minimum absolute atomic E-state index is 0. The first-order chi connectivity index (χ1) is 13.0. The fourth-order valence-corrected chi connectivity index (χ4v) is 2.66. The van der Waals surface area contributed by atoms with Crippen molar-refractivity contribution >= 4 is 29.9 Å². The van der Waals surface area contributed by atoms with Crippen LogP contribution in [0.2, 0.25) is 0 Å². The Kier molecular flexibility index (Phi) is 10.9. The van der Waals surface area contributed by atoms with Gasteiger partial charge in [0.05, 0.1) is 7.11 Å². The zero-order chi connectivity index (χ0) is 19.6. The molecule has 0 saturated carbocycles. The van der Waals surface area contributed by atoms with Crippen molar-refractivity contribution in [1.29, 1.82) is 0 Å². The third kappa shape index (κ3) is 7.29. The number of aryl methyl sites for hydroxylation is 1. The highest BCUT2D eigenvalue weighted by Gasteiger charge is 2.08. The lowest BCUT2D eigenvalue weighted by Crippen LogP contribution is -2.40. The highest BCUT2D eigenvalue weighted by Crippen LogP contribution is 2.11. The lowest BCUT2D eigenvalue weighted by atomic mass is 10.1. The molecule has 0 atom stereocenters. The normalized spacial score (nSPS) is 11.1. The summed E-state index contributed by atoms with van der Waals surface area (Å²) in [6, 6.07) is 8.18. The molecule has 0 saturated heterocycles. The van der Waals surface area contributed by atoms with E-state index in [0.29, 0.717) is 6.54 Å². The number of rotatable bonds is 9. The molecule has 0 unspecified atom stereocenters. The van der Waals surface area contributed by atoms with Crippen molar-refractivity contribution in [3.63, 3.8) is 0 Å². The summed E-state index contributed by atoms with van der Waals surface area (Å²) in [4.78, 5) is 6.95. The second-order valence-electron chi connectivity index (χ2n) is 6.66. The monoisotopic (exact) mass is 500 g/mol. The van der Waals surface area contributed by atoms with Crippen molar-refractivity contribution < 1.29 is 4.74 Å². The first-order valence-electron chi connectivity index (χ1n) is 9.52. The van der Waals surface area contributed by atoms with Crippen LogP contribution in [0.25, 0.3) is 0 Å². The number of aliphatic imine (C=N–C) groups is 1. The molecule has 0 amide bonds. The molecule has 0 spiro atoms. The number of hydrogen-bond acceptors (Lipinski definition) is 4. The first-order valence-corrected chi connectivity index (χ1v) is 9.52. The van der Waals surface area contributed by atoms with Gasteiger partial charge in [0, 0.05) is 27.2 Å². The molecule has 2 aromatic rings. The summed E-state index contributed by atoms with van der Waals surface area (Å²) in [7, 11) is 5.73. The number of nitrogens with one attached hydrogen (secondary N) is 1. The van der Waals surface area contributed by atoms with Crippen molar-refractivity contribution in [2.45, 2.75) is 39.7 Å². The molecule has 1 heterocycles. The van der Waals surface area contributed by atoms with Crippen LogP contribution < -0.4 is 10.1 Å². The largest absolute Gasteiger partial charge is 0.497 e. The Balaban J connectivity index is 0.00000392. The molecule has 2 rings (SSSR count). The van der Waals surface area contributed by atoms with Crippen LogP contribution >= 0.6 is 24.0 Å². The Morgan fingerprint density at radius 1 is 1.25 bits per heavy atom. The Hall–Kier alpha value is -1.84. The molecule has 0 aliphatic heterocycles. The van der Waals surface area contributed by atoms with Gasteiger partial charge in [0.2, 0.25) is 0 Å². The predicted octanol–water partition coefficient (Wildman–Crippen LogP) is 3.17. The van der Waals surface area contributed by atoms with Crippen molar-refractivity contribution in [2.75, 3.05) is 27.2 Å². The van der Waals surface area contributed by atoms with Crippen molar-refractivity contribution in [1.82, 2.24) is 25.0 Å². The number of ether oxygens (including phenoxy) is 1. The molecule has 0 fully saturated rings. The van der Waals surface area contributed by atoms with Crippen molar-refractivity contribution in [3.8, 4) is 5.75 Å². The van der Waals surface area contributed by atoms with Gasteiger partial charge in [0.15, 0.2) is 11.8 Å². The van der Waals surface area contributed by atoms with E-state index < -0.39 is 0 Å². The van der Waals surface area contributed by atoms with Crippen LogP contribution in [0, 0.1) is 6.92 Å². The van der Waals surface area contributed by atoms with Crippen LogP contribution in [-0.4, -0.2) is 52.9 Å². The van der Waals surface area contributed by atoms with Crippen molar-refractivity contribution in [3.05, 3.63) is 41.5 Å². The predicted molar refractivity (Wildman–Crippen MR) is 125 cm³/mol. The maximum Gasteiger partial charge on any atom is 0.194 e. The SMILES string of the molecule is CCCCN(C)C(=NCc1nnc(C)n1C)NCCc1ccc(OC)cc1.I. The van der Waals surface area contributed by atoms with Gasteiger partial charge in [-0.1, -0.05) is 25.5 Å². The smallest absolute Gasteiger partial charge is 0.194 e. The van der Waals surface area contributed by atoms with Gasteiger partial charge in [-0.25, -0.2) is 4.99 Å². The van der Waals surface area contributed by atoms with Gasteiger partial charge in [-0.05, 0) is 37.5 Å². The van der Waals surface area contributed by atoms with E-state index in [9.17, 15) is 0 Å². The maximum absolute atomic E-state index is 5.21. The van der Waals surface area contributed by atoms with Crippen LogP contribution in [0.4, 0.5) is 0 Å². The summed E-state index contributed by atoms with van der Waals surface area (Å²) in [6.45, 7) is 6.45. The minimum Gasteiger partial charge on any atom is -0.497 e.